The third-order valence-corrected chi connectivity index (χ3v) is 3.03. The maximum Gasteiger partial charge on any atom is 0.491 e. The van der Waals surface area contributed by atoms with E-state index in [-0.39, 0.29) is 11.1 Å². The highest BCUT2D eigenvalue weighted by atomic mass is 19.4. The summed E-state index contributed by atoms with van der Waals surface area (Å²) < 4.78 is 73.4. The topological polar surface area (TPSA) is 78.1 Å². The molecule has 0 fully saturated rings. The van der Waals surface area contributed by atoms with Crippen molar-refractivity contribution in [3.8, 4) is 28.8 Å². The summed E-state index contributed by atoms with van der Waals surface area (Å²) in [7, 11) is 0. The second-order valence-corrected chi connectivity index (χ2v) is 4.76. The summed E-state index contributed by atoms with van der Waals surface area (Å²) in [5.74, 6) is -6.44. The van der Waals surface area contributed by atoms with Crippen LogP contribution in [0.2, 0.25) is 0 Å². The summed E-state index contributed by atoms with van der Waals surface area (Å²) in [6.45, 7) is 0. The summed E-state index contributed by atoms with van der Waals surface area (Å²) >= 11 is 0. The highest BCUT2D eigenvalue weighted by Crippen LogP contribution is 2.31. The van der Waals surface area contributed by atoms with Crippen molar-refractivity contribution in [3.63, 3.8) is 0 Å². The molecule has 0 bridgehead atoms. The summed E-state index contributed by atoms with van der Waals surface area (Å²) in [5, 5.41) is 7.07. The van der Waals surface area contributed by atoms with E-state index in [1.54, 1.807) is 0 Å². The normalized spacial score (nSPS) is 11.4. The Labute approximate surface area is 141 Å². The van der Waals surface area contributed by atoms with Gasteiger partial charge in [-0.05, 0) is 24.3 Å². The lowest BCUT2D eigenvalue weighted by molar-refractivity contribution is -0.189. The van der Waals surface area contributed by atoms with Crippen LogP contribution in [0.1, 0.15) is 0 Å². The summed E-state index contributed by atoms with van der Waals surface area (Å²) in [6, 6.07) is 5.77. The van der Waals surface area contributed by atoms with E-state index < -0.39 is 41.4 Å². The van der Waals surface area contributed by atoms with Crippen molar-refractivity contribution in [2.45, 2.75) is 6.18 Å². The smallest absolute Gasteiger partial charge is 0.416 e. The first kappa shape index (κ1) is 17.5. The van der Waals surface area contributed by atoms with E-state index in [9.17, 15) is 26.7 Å². The van der Waals surface area contributed by atoms with Gasteiger partial charge >= 0.3 is 12.1 Å². The van der Waals surface area contributed by atoms with E-state index in [2.05, 4.69) is 19.9 Å². The van der Waals surface area contributed by atoms with Gasteiger partial charge in [-0.3, -0.25) is 0 Å². The number of carbonyl (C=O) groups excluding carboxylic acids is 1. The van der Waals surface area contributed by atoms with Crippen molar-refractivity contribution < 1.29 is 35.9 Å². The number of nitrogens with zero attached hydrogens (tertiary/aromatic N) is 3. The van der Waals surface area contributed by atoms with Crippen LogP contribution in [0.3, 0.4) is 0 Å². The Kier molecular flexibility index (Phi) is 4.36. The quantitative estimate of drug-likeness (QED) is 0.518. The number of aromatic nitrogens is 3. The number of pyridine rings is 1. The Hall–Kier alpha value is -3.37. The molecule has 0 aliphatic heterocycles. The Morgan fingerprint density at radius 1 is 1.00 bits per heavy atom. The molecule has 0 amide bonds. The van der Waals surface area contributed by atoms with E-state index >= 15 is 0 Å². The van der Waals surface area contributed by atoms with Crippen molar-refractivity contribution in [3.05, 3.63) is 48.2 Å². The number of rotatable bonds is 3. The van der Waals surface area contributed by atoms with Crippen LogP contribution in [0.4, 0.5) is 22.0 Å². The molecule has 134 valence electrons. The molecule has 3 aromatic rings. The lowest BCUT2D eigenvalue weighted by atomic mass is 10.2. The molecule has 0 saturated heterocycles. The van der Waals surface area contributed by atoms with Crippen molar-refractivity contribution in [2.75, 3.05) is 0 Å². The van der Waals surface area contributed by atoms with E-state index in [1.165, 1.54) is 24.3 Å². The second kappa shape index (κ2) is 6.50. The zero-order valence-electron chi connectivity index (χ0n) is 12.4. The van der Waals surface area contributed by atoms with Gasteiger partial charge in [0.1, 0.15) is 5.56 Å². The predicted molar refractivity (Wildman–Crippen MR) is 74.6 cm³/mol. The highest BCUT2D eigenvalue weighted by Gasteiger charge is 2.42. The second-order valence-electron chi connectivity index (χ2n) is 4.76. The van der Waals surface area contributed by atoms with Gasteiger partial charge in [0.2, 0.25) is 5.88 Å². The monoisotopic (exact) mass is 371 g/mol. The van der Waals surface area contributed by atoms with Crippen LogP contribution in [-0.2, 0) is 4.79 Å². The van der Waals surface area contributed by atoms with Crippen LogP contribution >= 0.6 is 0 Å². The maximum absolute atomic E-state index is 13.8. The number of ether oxygens (including phenoxy) is 1. The van der Waals surface area contributed by atoms with E-state index in [4.69, 9.17) is 4.42 Å². The summed E-state index contributed by atoms with van der Waals surface area (Å²) in [5.41, 5.74) is -0.581. The minimum absolute atomic E-state index is 0.235. The number of hydrogen-bond donors (Lipinski definition) is 0. The first-order chi connectivity index (χ1) is 12.3. The molecule has 0 aliphatic carbocycles. The summed E-state index contributed by atoms with van der Waals surface area (Å²) in [6.07, 6.45) is -4.16. The van der Waals surface area contributed by atoms with E-state index in [0.717, 1.165) is 12.3 Å². The van der Waals surface area contributed by atoms with Gasteiger partial charge in [0.25, 0.3) is 11.8 Å². The average molecular weight is 371 g/mol. The van der Waals surface area contributed by atoms with Crippen LogP contribution in [0.15, 0.2) is 40.9 Å². The van der Waals surface area contributed by atoms with Gasteiger partial charge in [0.15, 0.2) is 11.6 Å². The lowest BCUT2D eigenvalue weighted by Crippen LogP contribution is -2.28. The van der Waals surface area contributed by atoms with Crippen LogP contribution < -0.4 is 4.74 Å². The van der Waals surface area contributed by atoms with Gasteiger partial charge in [-0.15, -0.1) is 10.2 Å². The number of carbonyl (C=O) groups is 1. The number of hydrogen-bond acceptors (Lipinski definition) is 6. The molecule has 0 saturated carbocycles. The molecule has 0 aliphatic rings. The molecular formula is C15H6F5N3O3. The van der Waals surface area contributed by atoms with Crippen molar-refractivity contribution in [1.82, 2.24) is 15.2 Å². The predicted octanol–water partition coefficient (Wildman–Crippen LogP) is 3.54. The van der Waals surface area contributed by atoms with Crippen molar-refractivity contribution >= 4 is 5.97 Å². The molecule has 0 spiro atoms. The largest absolute Gasteiger partial charge is 0.491 e. The Morgan fingerprint density at radius 2 is 1.65 bits per heavy atom. The maximum atomic E-state index is 13.8. The van der Waals surface area contributed by atoms with Gasteiger partial charge < -0.3 is 9.15 Å². The van der Waals surface area contributed by atoms with Crippen LogP contribution in [0.5, 0.6) is 5.88 Å². The number of benzene rings is 1. The van der Waals surface area contributed by atoms with Gasteiger partial charge in [0.05, 0.1) is 5.56 Å². The molecule has 2 aromatic heterocycles. The zero-order valence-corrected chi connectivity index (χ0v) is 12.4. The average Bonchev–Trinajstić information content (AvgIpc) is 3.06. The zero-order chi connectivity index (χ0) is 18.9. The molecule has 2 heterocycles. The summed E-state index contributed by atoms with van der Waals surface area (Å²) in [4.78, 5) is 14.5. The fourth-order valence-corrected chi connectivity index (χ4v) is 1.89. The Balaban J connectivity index is 1.98. The van der Waals surface area contributed by atoms with E-state index in [0.29, 0.717) is 0 Å². The SMILES string of the molecule is O=C(Oc1ncccc1-c1nnc(-c2cccc(F)c2F)o1)C(F)(F)F. The van der Waals surface area contributed by atoms with Crippen LogP contribution in [-0.4, -0.2) is 27.3 Å². The molecule has 6 nitrogen and oxygen atoms in total. The number of halogens is 5. The van der Waals surface area contributed by atoms with Crippen molar-refractivity contribution in [2.24, 2.45) is 0 Å². The van der Waals surface area contributed by atoms with Gasteiger partial charge in [0, 0.05) is 6.20 Å². The molecule has 0 atom stereocenters. The minimum Gasteiger partial charge on any atom is -0.416 e. The lowest BCUT2D eigenvalue weighted by Gasteiger charge is -2.07. The van der Waals surface area contributed by atoms with E-state index in [1.807, 2.05) is 0 Å². The van der Waals surface area contributed by atoms with Gasteiger partial charge in [-0.25, -0.2) is 18.6 Å². The molecule has 0 N–H and O–H groups in total. The number of esters is 1. The first-order valence-corrected chi connectivity index (χ1v) is 6.79. The fourth-order valence-electron chi connectivity index (χ4n) is 1.89. The van der Waals surface area contributed by atoms with Crippen LogP contribution in [0, 0.1) is 11.6 Å². The highest BCUT2D eigenvalue weighted by molar-refractivity contribution is 5.79. The molecule has 0 unspecified atom stereocenters. The fraction of sp³-hybridized carbons (Fsp3) is 0.0667. The molecular weight excluding hydrogens is 365 g/mol. The van der Waals surface area contributed by atoms with Gasteiger partial charge in [-0.1, -0.05) is 6.07 Å². The number of alkyl halides is 3. The Bertz CT molecular complexity index is 971. The van der Waals surface area contributed by atoms with Crippen LogP contribution in [0.25, 0.3) is 22.9 Å². The molecule has 26 heavy (non-hydrogen) atoms. The van der Waals surface area contributed by atoms with Crippen molar-refractivity contribution in [1.29, 1.82) is 0 Å². The first-order valence-electron chi connectivity index (χ1n) is 6.79. The Morgan fingerprint density at radius 3 is 2.35 bits per heavy atom. The third kappa shape index (κ3) is 3.36. The molecule has 11 heteroatoms. The third-order valence-electron chi connectivity index (χ3n) is 3.03. The molecule has 3 rings (SSSR count). The van der Waals surface area contributed by atoms with Gasteiger partial charge in [-0.2, -0.15) is 13.2 Å². The standard InChI is InChI=1S/C15H6F5N3O3/c16-9-5-1-3-7(10(9)17)12-22-23-13(25-12)8-4-2-6-21-11(8)26-14(24)15(18,19)20/h1-6H. The minimum atomic E-state index is -5.24. The molecule has 1 aromatic carbocycles. The molecule has 0 radical (unpaired) electrons.